The van der Waals surface area contributed by atoms with Crippen molar-refractivity contribution in [2.24, 2.45) is 5.92 Å². The second-order valence-corrected chi connectivity index (χ2v) is 13.2. The highest BCUT2D eigenvalue weighted by atomic mass is 32.2. The molecule has 240 valence electrons. The van der Waals surface area contributed by atoms with Crippen molar-refractivity contribution in [1.29, 1.82) is 0 Å². The monoisotopic (exact) mass is 651 g/mol. The first-order valence-electron chi connectivity index (χ1n) is 15.4. The topological polar surface area (TPSA) is 99.5 Å². The summed E-state index contributed by atoms with van der Waals surface area (Å²) in [5.41, 5.74) is 0.623. The van der Waals surface area contributed by atoms with Gasteiger partial charge in [0.15, 0.2) is 17.3 Å². The molecular formula is C33H31F2N3O7S. The van der Waals surface area contributed by atoms with Crippen LogP contribution in [0.25, 0.3) is 0 Å². The van der Waals surface area contributed by atoms with E-state index in [4.69, 9.17) is 18.9 Å². The first kappa shape index (κ1) is 29.3. The van der Waals surface area contributed by atoms with E-state index in [9.17, 15) is 18.8 Å². The first-order valence-corrected chi connectivity index (χ1v) is 16.4. The van der Waals surface area contributed by atoms with Gasteiger partial charge >= 0.3 is 6.16 Å². The molecule has 10 nitrogen and oxygen atoms in total. The maximum absolute atomic E-state index is 15.6. The van der Waals surface area contributed by atoms with Gasteiger partial charge in [0.05, 0.1) is 24.4 Å². The lowest BCUT2D eigenvalue weighted by Crippen LogP contribution is -2.70. The Morgan fingerprint density at radius 3 is 2.76 bits per heavy atom. The number of carbonyl (C=O) groups is 2. The van der Waals surface area contributed by atoms with Crippen LogP contribution in [0, 0.1) is 17.6 Å². The standard InChI is InChI=1S/C33H31F2N3O7S/c1-2-42-32(41)44-17-43-29-24(39)10-13-37-28(29)31(40)36-14-12-33-11-9-18(45-33)15-22(33)30(36)38(37)27-19-7-8-23(34)26(35)21(19)16-46-25-6-4-3-5-20(25)27/h3-8,10,13,18,22,27,30H,2,9,11-12,14-17H2,1H3/t18-,22+,27?,30+,33-/m0/s1. The number of carbonyl (C=O) groups excluding carboxylic acids is 2. The minimum Gasteiger partial charge on any atom is -0.451 e. The molecular weight excluding hydrogens is 620 g/mol. The first-order chi connectivity index (χ1) is 22.3. The molecule has 5 atom stereocenters. The molecule has 1 spiro atoms. The second kappa shape index (κ2) is 11.0. The van der Waals surface area contributed by atoms with Crippen LogP contribution in [0.1, 0.15) is 65.8 Å². The Morgan fingerprint density at radius 1 is 1.09 bits per heavy atom. The van der Waals surface area contributed by atoms with Gasteiger partial charge in [0.2, 0.25) is 18.0 Å². The molecule has 2 bridgehead atoms. The summed E-state index contributed by atoms with van der Waals surface area (Å²) in [5, 5.41) is 2.02. The normalized spacial score (nSPS) is 27.2. The van der Waals surface area contributed by atoms with Gasteiger partial charge in [0, 0.05) is 40.9 Å². The van der Waals surface area contributed by atoms with E-state index in [1.54, 1.807) is 22.6 Å². The van der Waals surface area contributed by atoms with Gasteiger partial charge in [0.25, 0.3) is 5.91 Å². The smallest absolute Gasteiger partial charge is 0.451 e. The largest absolute Gasteiger partial charge is 0.511 e. The van der Waals surface area contributed by atoms with Crippen molar-refractivity contribution < 1.29 is 37.3 Å². The number of nitrogens with zero attached hydrogens (tertiary/aromatic N) is 3. The van der Waals surface area contributed by atoms with E-state index >= 15 is 4.39 Å². The molecule has 3 aromatic rings. The lowest BCUT2D eigenvalue weighted by atomic mass is 9.71. The van der Waals surface area contributed by atoms with Crippen molar-refractivity contribution in [3.63, 3.8) is 0 Å². The van der Waals surface area contributed by atoms with Gasteiger partial charge in [-0.25, -0.2) is 13.6 Å². The highest BCUT2D eigenvalue weighted by molar-refractivity contribution is 7.98. The lowest BCUT2D eigenvalue weighted by Gasteiger charge is -2.57. The fraction of sp³-hybridized carbons (Fsp3) is 0.424. The van der Waals surface area contributed by atoms with Crippen LogP contribution >= 0.6 is 11.8 Å². The minimum atomic E-state index is -0.975. The Morgan fingerprint density at radius 2 is 1.93 bits per heavy atom. The molecule has 5 aliphatic rings. The van der Waals surface area contributed by atoms with Crippen molar-refractivity contribution in [3.8, 4) is 5.75 Å². The summed E-state index contributed by atoms with van der Waals surface area (Å²) in [6.07, 6.45) is 3.30. The van der Waals surface area contributed by atoms with Crippen LogP contribution in [-0.4, -0.2) is 59.5 Å². The third-order valence-electron chi connectivity index (χ3n) is 9.98. The highest BCUT2D eigenvalue weighted by Gasteiger charge is 2.63. The Kier molecular flexibility index (Phi) is 7.02. The zero-order valence-electron chi connectivity index (χ0n) is 24.9. The third-order valence-corrected chi connectivity index (χ3v) is 11.1. The lowest BCUT2D eigenvalue weighted by molar-refractivity contribution is -0.0758. The number of halogens is 2. The zero-order valence-corrected chi connectivity index (χ0v) is 25.8. The maximum atomic E-state index is 15.6. The predicted octanol–water partition coefficient (Wildman–Crippen LogP) is 5.09. The molecule has 3 saturated heterocycles. The Balaban J connectivity index is 1.35. The van der Waals surface area contributed by atoms with Gasteiger partial charge < -0.3 is 23.8 Å². The summed E-state index contributed by atoms with van der Waals surface area (Å²) in [4.78, 5) is 42.3. The summed E-state index contributed by atoms with van der Waals surface area (Å²) in [6.45, 7) is 1.42. The molecule has 8 rings (SSSR count). The molecule has 13 heteroatoms. The average Bonchev–Trinajstić information content (AvgIpc) is 3.58. The van der Waals surface area contributed by atoms with Gasteiger partial charge in [0.1, 0.15) is 6.17 Å². The van der Waals surface area contributed by atoms with E-state index in [0.29, 0.717) is 18.5 Å². The van der Waals surface area contributed by atoms with Crippen molar-refractivity contribution >= 4 is 23.8 Å². The SMILES string of the molecule is CCOC(=O)OCOc1c2n(ccc1=O)N(C1c3ccccc3SCc3c1ccc(F)c3F)[C@@H]1[C@H]3C[C@@H]4CC[C@@]3(CCN1C2=O)O4. The molecule has 3 fully saturated rings. The van der Waals surface area contributed by atoms with Crippen LogP contribution in [0.15, 0.2) is 58.4 Å². The number of amides is 1. The number of pyridine rings is 1. The van der Waals surface area contributed by atoms with Crippen LogP contribution in [0.5, 0.6) is 5.75 Å². The van der Waals surface area contributed by atoms with E-state index in [1.807, 2.05) is 29.3 Å². The molecule has 2 aromatic carbocycles. The summed E-state index contributed by atoms with van der Waals surface area (Å²) < 4.78 is 54.0. The van der Waals surface area contributed by atoms with E-state index < -0.39 is 53.7 Å². The van der Waals surface area contributed by atoms with Crippen LogP contribution in [0.3, 0.4) is 0 Å². The summed E-state index contributed by atoms with van der Waals surface area (Å²) in [6, 6.07) is 11.1. The van der Waals surface area contributed by atoms with Crippen LogP contribution in [-0.2, 0) is 20.0 Å². The van der Waals surface area contributed by atoms with Gasteiger partial charge in [-0.1, -0.05) is 24.3 Å². The van der Waals surface area contributed by atoms with E-state index in [-0.39, 0.29) is 41.4 Å². The fourth-order valence-corrected chi connectivity index (χ4v) is 9.20. The number of aromatic nitrogens is 1. The van der Waals surface area contributed by atoms with Gasteiger partial charge in [-0.15, -0.1) is 11.8 Å². The van der Waals surface area contributed by atoms with Crippen LogP contribution in [0.2, 0.25) is 0 Å². The third kappa shape index (κ3) is 4.34. The quantitative estimate of drug-likeness (QED) is 0.276. The summed E-state index contributed by atoms with van der Waals surface area (Å²) in [5.74, 6) is -2.40. The minimum absolute atomic E-state index is 0.0465. The maximum Gasteiger partial charge on any atom is 0.511 e. The van der Waals surface area contributed by atoms with E-state index in [1.165, 1.54) is 24.0 Å². The van der Waals surface area contributed by atoms with Crippen molar-refractivity contribution in [2.75, 3.05) is 25.0 Å². The summed E-state index contributed by atoms with van der Waals surface area (Å²) >= 11 is 1.42. The van der Waals surface area contributed by atoms with Crippen LogP contribution in [0.4, 0.5) is 13.6 Å². The van der Waals surface area contributed by atoms with Crippen LogP contribution < -0.4 is 15.2 Å². The number of benzene rings is 2. The van der Waals surface area contributed by atoms with E-state index in [0.717, 1.165) is 35.8 Å². The van der Waals surface area contributed by atoms with Crippen molar-refractivity contribution in [2.45, 2.75) is 67.2 Å². The molecule has 0 radical (unpaired) electrons. The Labute approximate surface area is 267 Å². The molecule has 0 saturated carbocycles. The highest BCUT2D eigenvalue weighted by Crippen LogP contribution is 2.57. The number of ether oxygens (including phenoxy) is 4. The van der Waals surface area contributed by atoms with E-state index in [2.05, 4.69) is 0 Å². The molecule has 0 aliphatic carbocycles. The van der Waals surface area contributed by atoms with Gasteiger partial charge in [-0.3, -0.25) is 19.3 Å². The molecule has 5 aliphatic heterocycles. The van der Waals surface area contributed by atoms with Crippen molar-refractivity contribution in [3.05, 3.63) is 92.9 Å². The molecule has 46 heavy (non-hydrogen) atoms. The summed E-state index contributed by atoms with van der Waals surface area (Å²) in [7, 11) is 0. The second-order valence-electron chi connectivity index (χ2n) is 12.2. The average molecular weight is 652 g/mol. The zero-order chi connectivity index (χ0) is 31.7. The number of piperidine rings is 1. The van der Waals surface area contributed by atoms with Gasteiger partial charge in [-0.05, 0) is 55.9 Å². The number of rotatable bonds is 5. The Hall–Kier alpha value is -4.10. The number of hydrogen-bond donors (Lipinski definition) is 0. The molecule has 6 heterocycles. The molecule has 1 aromatic heterocycles. The molecule has 1 amide bonds. The van der Waals surface area contributed by atoms with Crippen molar-refractivity contribution in [1.82, 2.24) is 9.58 Å². The predicted molar refractivity (Wildman–Crippen MR) is 161 cm³/mol. The number of hydrogen-bond acceptors (Lipinski definition) is 9. The fourth-order valence-electron chi connectivity index (χ4n) is 8.09. The number of fused-ring (bicyclic) bond motifs is 6. The Bertz CT molecular complexity index is 1820. The number of thioether (sulfide) groups is 1. The molecule has 1 unspecified atom stereocenters. The van der Waals surface area contributed by atoms with Gasteiger partial charge in [-0.2, -0.15) is 0 Å². The molecule has 0 N–H and O–H groups in total.